The van der Waals surface area contributed by atoms with Crippen LogP contribution in [0.1, 0.15) is 26.2 Å². The van der Waals surface area contributed by atoms with E-state index in [0.29, 0.717) is 12.3 Å². The molecule has 16 heavy (non-hydrogen) atoms. The summed E-state index contributed by atoms with van der Waals surface area (Å²) in [5, 5.41) is 6.18. The molecule has 1 atom stereocenters. The standard InChI is InChI=1S/C12H25N3O/c1-3-13-7-6-12(16)14-9-11-5-4-8-15(2)10-11/h11,13H,3-10H2,1-2H3,(H,14,16). The van der Waals surface area contributed by atoms with Crippen molar-refractivity contribution in [1.82, 2.24) is 15.5 Å². The predicted octanol–water partition coefficient (Wildman–Crippen LogP) is 0.444. The van der Waals surface area contributed by atoms with E-state index in [4.69, 9.17) is 0 Å². The molecule has 1 unspecified atom stereocenters. The summed E-state index contributed by atoms with van der Waals surface area (Å²) in [6.07, 6.45) is 3.10. The number of amides is 1. The molecule has 1 heterocycles. The highest BCUT2D eigenvalue weighted by molar-refractivity contribution is 5.76. The molecule has 0 aromatic carbocycles. The van der Waals surface area contributed by atoms with Gasteiger partial charge < -0.3 is 15.5 Å². The first kappa shape index (κ1) is 13.5. The third-order valence-electron chi connectivity index (χ3n) is 3.09. The lowest BCUT2D eigenvalue weighted by Gasteiger charge is -2.29. The number of piperidine rings is 1. The third-order valence-corrected chi connectivity index (χ3v) is 3.09. The van der Waals surface area contributed by atoms with Crippen molar-refractivity contribution < 1.29 is 4.79 Å². The van der Waals surface area contributed by atoms with Gasteiger partial charge in [-0.25, -0.2) is 0 Å². The van der Waals surface area contributed by atoms with Gasteiger partial charge in [0.1, 0.15) is 0 Å². The number of hydrogen-bond donors (Lipinski definition) is 2. The SMILES string of the molecule is CCNCCC(=O)NCC1CCCN(C)C1. The maximum absolute atomic E-state index is 11.5. The molecule has 0 saturated carbocycles. The van der Waals surface area contributed by atoms with Crippen LogP contribution in [-0.4, -0.2) is 50.6 Å². The molecule has 0 spiro atoms. The minimum Gasteiger partial charge on any atom is -0.356 e. The fourth-order valence-corrected chi connectivity index (χ4v) is 2.17. The van der Waals surface area contributed by atoms with Crippen LogP contribution in [0.5, 0.6) is 0 Å². The molecule has 4 heteroatoms. The summed E-state index contributed by atoms with van der Waals surface area (Å²) in [6, 6.07) is 0. The minimum absolute atomic E-state index is 0.175. The minimum atomic E-state index is 0.175. The van der Waals surface area contributed by atoms with Crippen LogP contribution in [-0.2, 0) is 4.79 Å². The Kier molecular flexibility index (Phi) is 6.42. The largest absolute Gasteiger partial charge is 0.356 e. The highest BCUT2D eigenvalue weighted by Gasteiger charge is 2.17. The van der Waals surface area contributed by atoms with Crippen molar-refractivity contribution in [2.24, 2.45) is 5.92 Å². The van der Waals surface area contributed by atoms with Gasteiger partial charge in [0.25, 0.3) is 0 Å². The molecule has 1 amide bonds. The average molecular weight is 227 g/mol. The molecule has 0 bridgehead atoms. The summed E-state index contributed by atoms with van der Waals surface area (Å²) >= 11 is 0. The number of likely N-dealkylation sites (tertiary alicyclic amines) is 1. The number of nitrogens with zero attached hydrogens (tertiary/aromatic N) is 1. The summed E-state index contributed by atoms with van der Waals surface area (Å²) in [5.41, 5.74) is 0. The maximum atomic E-state index is 11.5. The van der Waals surface area contributed by atoms with Crippen molar-refractivity contribution >= 4 is 5.91 Å². The molecule has 2 N–H and O–H groups in total. The van der Waals surface area contributed by atoms with Crippen molar-refractivity contribution in [3.8, 4) is 0 Å². The molecule has 0 aromatic rings. The Morgan fingerprint density at radius 2 is 2.31 bits per heavy atom. The monoisotopic (exact) mass is 227 g/mol. The van der Waals surface area contributed by atoms with E-state index in [1.807, 2.05) is 0 Å². The lowest BCUT2D eigenvalue weighted by Crippen LogP contribution is -2.39. The van der Waals surface area contributed by atoms with Gasteiger partial charge in [0.2, 0.25) is 5.91 Å². The lowest BCUT2D eigenvalue weighted by atomic mass is 9.98. The van der Waals surface area contributed by atoms with Crippen LogP contribution >= 0.6 is 0 Å². The normalized spacial score (nSPS) is 22.0. The van der Waals surface area contributed by atoms with Crippen molar-refractivity contribution in [3.05, 3.63) is 0 Å². The number of carbonyl (C=O) groups is 1. The first-order valence-corrected chi connectivity index (χ1v) is 6.38. The Labute approximate surface area is 98.8 Å². The molecule has 1 rings (SSSR count). The Balaban J connectivity index is 2.06. The van der Waals surface area contributed by atoms with E-state index in [2.05, 4.69) is 29.5 Å². The van der Waals surface area contributed by atoms with Crippen molar-refractivity contribution in [1.29, 1.82) is 0 Å². The number of rotatable bonds is 6. The van der Waals surface area contributed by atoms with Gasteiger partial charge in [0, 0.05) is 26.1 Å². The van der Waals surface area contributed by atoms with Crippen LogP contribution in [0.25, 0.3) is 0 Å². The molecular formula is C12H25N3O. The third kappa shape index (κ3) is 5.47. The Morgan fingerprint density at radius 3 is 3.00 bits per heavy atom. The predicted molar refractivity (Wildman–Crippen MR) is 66.4 cm³/mol. The first-order chi connectivity index (χ1) is 7.72. The van der Waals surface area contributed by atoms with Crippen LogP contribution in [0.15, 0.2) is 0 Å². The van der Waals surface area contributed by atoms with E-state index < -0.39 is 0 Å². The van der Waals surface area contributed by atoms with E-state index in [-0.39, 0.29) is 5.91 Å². The Bertz CT molecular complexity index is 208. The summed E-state index contributed by atoms with van der Waals surface area (Å²) in [4.78, 5) is 13.8. The van der Waals surface area contributed by atoms with E-state index in [1.54, 1.807) is 0 Å². The van der Waals surface area contributed by atoms with Crippen molar-refractivity contribution in [2.45, 2.75) is 26.2 Å². The highest BCUT2D eigenvalue weighted by Crippen LogP contribution is 2.13. The number of hydrogen-bond acceptors (Lipinski definition) is 3. The van der Waals surface area contributed by atoms with E-state index in [0.717, 1.165) is 26.2 Å². The van der Waals surface area contributed by atoms with Crippen molar-refractivity contribution in [2.75, 3.05) is 39.8 Å². The van der Waals surface area contributed by atoms with Crippen LogP contribution in [0, 0.1) is 5.92 Å². The highest BCUT2D eigenvalue weighted by atomic mass is 16.1. The fourth-order valence-electron chi connectivity index (χ4n) is 2.17. The van der Waals surface area contributed by atoms with Crippen LogP contribution in [0.3, 0.4) is 0 Å². The first-order valence-electron chi connectivity index (χ1n) is 6.38. The molecule has 1 aliphatic rings. The second-order valence-electron chi connectivity index (χ2n) is 4.68. The molecule has 4 nitrogen and oxygen atoms in total. The lowest BCUT2D eigenvalue weighted by molar-refractivity contribution is -0.121. The quantitative estimate of drug-likeness (QED) is 0.647. The fraction of sp³-hybridized carbons (Fsp3) is 0.917. The zero-order valence-corrected chi connectivity index (χ0v) is 10.6. The average Bonchev–Trinajstić information content (AvgIpc) is 2.27. The second-order valence-corrected chi connectivity index (χ2v) is 4.68. The summed E-state index contributed by atoms with van der Waals surface area (Å²) in [5.74, 6) is 0.816. The maximum Gasteiger partial charge on any atom is 0.221 e. The van der Waals surface area contributed by atoms with Crippen LogP contribution in [0.2, 0.25) is 0 Å². The van der Waals surface area contributed by atoms with Gasteiger partial charge in [-0.2, -0.15) is 0 Å². The van der Waals surface area contributed by atoms with E-state index in [1.165, 1.54) is 19.4 Å². The zero-order chi connectivity index (χ0) is 11.8. The molecule has 1 saturated heterocycles. The van der Waals surface area contributed by atoms with Gasteiger partial charge in [-0.15, -0.1) is 0 Å². The van der Waals surface area contributed by atoms with Gasteiger partial charge in [-0.1, -0.05) is 6.92 Å². The van der Waals surface area contributed by atoms with E-state index >= 15 is 0 Å². The van der Waals surface area contributed by atoms with Gasteiger partial charge in [0.05, 0.1) is 0 Å². The van der Waals surface area contributed by atoms with Crippen LogP contribution in [0.4, 0.5) is 0 Å². The zero-order valence-electron chi connectivity index (χ0n) is 10.6. The molecule has 0 aliphatic carbocycles. The van der Waals surface area contributed by atoms with E-state index in [9.17, 15) is 4.79 Å². The van der Waals surface area contributed by atoms with Crippen molar-refractivity contribution in [3.63, 3.8) is 0 Å². The summed E-state index contributed by atoms with van der Waals surface area (Å²) in [7, 11) is 2.15. The van der Waals surface area contributed by atoms with Gasteiger partial charge in [-0.3, -0.25) is 4.79 Å². The van der Waals surface area contributed by atoms with Crippen LogP contribution < -0.4 is 10.6 Å². The molecule has 94 valence electrons. The molecule has 0 radical (unpaired) electrons. The van der Waals surface area contributed by atoms with Gasteiger partial charge >= 0.3 is 0 Å². The number of carbonyl (C=O) groups excluding carboxylic acids is 1. The molecular weight excluding hydrogens is 202 g/mol. The molecule has 1 fully saturated rings. The Hall–Kier alpha value is -0.610. The van der Waals surface area contributed by atoms with Gasteiger partial charge in [-0.05, 0) is 38.9 Å². The molecule has 0 aromatic heterocycles. The summed E-state index contributed by atoms with van der Waals surface area (Å²) in [6.45, 7) is 6.93. The second kappa shape index (κ2) is 7.63. The Morgan fingerprint density at radius 1 is 1.50 bits per heavy atom. The summed E-state index contributed by atoms with van der Waals surface area (Å²) < 4.78 is 0. The van der Waals surface area contributed by atoms with Gasteiger partial charge in [0.15, 0.2) is 0 Å². The smallest absolute Gasteiger partial charge is 0.221 e. The number of nitrogens with one attached hydrogen (secondary N) is 2. The topological polar surface area (TPSA) is 44.4 Å². The molecule has 1 aliphatic heterocycles.